The summed E-state index contributed by atoms with van der Waals surface area (Å²) in [4.78, 5) is 40.1. The van der Waals surface area contributed by atoms with E-state index >= 15 is 0 Å². The topological polar surface area (TPSA) is 79.8 Å². The summed E-state index contributed by atoms with van der Waals surface area (Å²) in [6, 6.07) is 56.3. The van der Waals surface area contributed by atoms with Crippen molar-refractivity contribution in [2.75, 3.05) is 68.7 Å². The Balaban J connectivity index is 0.000000201. The van der Waals surface area contributed by atoms with E-state index in [2.05, 4.69) is 228 Å². The van der Waals surface area contributed by atoms with Crippen LogP contribution in [0.25, 0.3) is 0 Å². The molecule has 13 rings (SSSR count). The van der Waals surface area contributed by atoms with E-state index in [-0.39, 0.29) is 24.0 Å². The molecule has 6 heterocycles. The van der Waals surface area contributed by atoms with E-state index in [1.807, 2.05) is 148 Å². The second-order valence-electron chi connectivity index (χ2n) is 34.4. The molecule has 0 bridgehead atoms. The number of ether oxygens (including phenoxy) is 2. The average Bonchev–Trinajstić information content (AvgIpc) is 1.58. The van der Waals surface area contributed by atoms with Crippen LogP contribution in [0.2, 0.25) is 0 Å². The molecule has 2 unspecified atom stereocenters. The summed E-state index contributed by atoms with van der Waals surface area (Å²) < 4.78 is 138. The molecule has 2 saturated heterocycles. The molecule has 32 heteroatoms. The van der Waals surface area contributed by atoms with Crippen LogP contribution in [-0.4, -0.2) is 72.5 Å². The van der Waals surface area contributed by atoms with Crippen LogP contribution < -0.4 is 48.0 Å². The van der Waals surface area contributed by atoms with Crippen LogP contribution in [0.3, 0.4) is 0 Å². The Morgan fingerprint density at radius 3 is 0.898 bits per heavy atom. The molecule has 4 aliphatic rings. The van der Waals surface area contributed by atoms with Gasteiger partial charge in [-0.05, 0) is 91.9 Å². The second kappa shape index (κ2) is 43.2. The van der Waals surface area contributed by atoms with Gasteiger partial charge in [0.1, 0.15) is 0 Å². The number of halogens is 16. The van der Waals surface area contributed by atoms with Crippen LogP contribution in [0.15, 0.2) is 189 Å². The Kier molecular flexibility index (Phi) is 35.8. The minimum absolute atomic E-state index is 0.0355. The quantitative estimate of drug-likeness (QED) is 0.0246. The number of anilines is 6. The third-order valence-corrected chi connectivity index (χ3v) is 25.2. The predicted molar refractivity (Wildman–Crippen MR) is 503 cm³/mol. The van der Waals surface area contributed by atoms with Crippen LogP contribution in [0.5, 0.6) is 11.5 Å². The number of para-hydroxylation sites is 6. The molecular weight excluding hydrogens is 1960 g/mol. The molecule has 0 aliphatic carbocycles. The van der Waals surface area contributed by atoms with Gasteiger partial charge in [-0.3, -0.25) is 0 Å². The molecule has 0 spiro atoms. The monoisotopic (exact) mass is 2080 g/mol. The van der Waals surface area contributed by atoms with Crippen molar-refractivity contribution >= 4 is 110 Å². The van der Waals surface area contributed by atoms with E-state index in [1.165, 1.54) is 67.3 Å². The Hall–Kier alpha value is -7.25. The zero-order valence-corrected chi connectivity index (χ0v) is 84.0. The first-order chi connectivity index (χ1) is 59.4. The first-order valence-corrected chi connectivity index (χ1v) is 57.7. The predicted octanol–water partition coefficient (Wildman–Crippen LogP) is 30.3. The van der Waals surface area contributed by atoms with Crippen LogP contribution >= 0.6 is 54.4 Å². The van der Waals surface area contributed by atoms with E-state index < -0.39 is 42.7 Å². The summed E-state index contributed by atoms with van der Waals surface area (Å²) in [5.74, 6) is 5.42. The summed E-state index contributed by atoms with van der Waals surface area (Å²) in [5.41, 5.74) is 23.0. The first kappa shape index (κ1) is 106. The molecule has 0 radical (unpaired) electrons. The molecule has 7 aromatic carbocycles. The van der Waals surface area contributed by atoms with Gasteiger partial charge in [-0.2, -0.15) is 13.3 Å². The fourth-order valence-corrected chi connectivity index (χ4v) is 19.0. The Morgan fingerprint density at radius 1 is 0.391 bits per heavy atom. The van der Waals surface area contributed by atoms with Gasteiger partial charge in [-0.25, -0.2) is 0 Å². The van der Waals surface area contributed by atoms with Gasteiger partial charge in [0.25, 0.3) is 0 Å². The van der Waals surface area contributed by atoms with Gasteiger partial charge in [-0.1, -0.05) is 190 Å². The van der Waals surface area contributed by atoms with Gasteiger partial charge in [0, 0.05) is 61.1 Å². The number of aromatic nitrogens is 2. The number of hydrogen-bond acceptors (Lipinski definition) is 8. The summed E-state index contributed by atoms with van der Waals surface area (Å²) in [6.07, 6.45) is 9.26. The molecule has 4 aliphatic heterocycles. The van der Waals surface area contributed by atoms with E-state index in [1.54, 1.807) is 4.90 Å². The van der Waals surface area contributed by atoms with E-state index in [0.29, 0.717) is 83.1 Å². The normalized spacial score (nSPS) is 16.3. The fraction of sp³-hybridized carbons (Fsp3) is 0.396. The van der Waals surface area contributed by atoms with Gasteiger partial charge in [-0.15, -0.1) is 0 Å². The number of carbonyl (C=O) groups excluding carboxylic acids is 2. The van der Waals surface area contributed by atoms with Gasteiger partial charge in [0.05, 0.1) is 0 Å². The number of benzene rings is 7. The summed E-state index contributed by atoms with van der Waals surface area (Å²) in [7, 11) is 4.92. The Morgan fingerprint density at radius 2 is 0.648 bits per heavy atom. The molecule has 2 aromatic heterocycles. The van der Waals surface area contributed by atoms with Crippen LogP contribution in [-0.2, 0) is 40.6 Å². The number of hydrogen-bond donors (Lipinski definition) is 0. The molecule has 2 fully saturated rings. The Bertz CT molecular complexity index is 4910. The van der Waals surface area contributed by atoms with E-state index in [9.17, 15) is 60.0 Å². The van der Waals surface area contributed by atoms with Gasteiger partial charge in [0.15, 0.2) is 12.4 Å². The number of carbonyl (C=O) groups is 2. The van der Waals surface area contributed by atoms with Crippen molar-refractivity contribution < 1.29 is 106 Å². The summed E-state index contributed by atoms with van der Waals surface area (Å²) in [6.45, 7) is 51.7. The fourth-order valence-electron chi connectivity index (χ4n) is 15.4. The van der Waals surface area contributed by atoms with Gasteiger partial charge >= 0.3 is 392 Å². The molecule has 0 N–H and O–H groups in total. The van der Waals surface area contributed by atoms with Crippen molar-refractivity contribution in [3.05, 3.63) is 274 Å². The third-order valence-electron chi connectivity index (χ3n) is 21.6. The zero-order chi connectivity index (χ0) is 95.2. The van der Waals surface area contributed by atoms with Crippen molar-refractivity contribution in [2.45, 2.75) is 204 Å². The van der Waals surface area contributed by atoms with Gasteiger partial charge < -0.3 is 19.6 Å². The molecule has 9 aromatic rings. The number of nitrogens with zero attached hydrogens (tertiary/aromatic N) is 8. The molecule has 0 saturated carbocycles. The molecular formula is C96H120Cl4F12N8O4P2Ru2-2. The van der Waals surface area contributed by atoms with Crippen molar-refractivity contribution in [3.8, 4) is 11.5 Å². The number of pyridine rings is 2. The SMILES string of the molecule is CC(C)c1cccc(C(C)C)c1N1[CH-]N(c2c(C(C)C)cccc2C(C)C)CC1.CC(C)c1cccc(C(C)C)c1N1[CH-]N(c2c(C(C)C)cccc2C(C)C)CC1.CCC1CN(C(=O)c2cc[n+](C)cc2)c2cccc([CH]=[Ru]([Cl])[Cl])c2O1.CCC1CN(C(=O)c2ccc(C[n+]3ccccc3)cc2)c2cccc([CH]=[Ru]([Cl])[Cl])c2O1.F[P-](F)(F)(F)(F)F.F[P-](F)(F)(F)(F)F. The van der Waals surface area contributed by atoms with Crippen LogP contribution in [0.1, 0.15) is 267 Å². The molecule has 12 nitrogen and oxygen atoms in total. The van der Waals surface area contributed by atoms with Crippen molar-refractivity contribution in [2.24, 2.45) is 7.05 Å². The maximum absolute atomic E-state index is 13.4. The van der Waals surface area contributed by atoms with Crippen molar-refractivity contribution in [3.63, 3.8) is 0 Å². The Labute approximate surface area is 774 Å². The molecule has 2 amide bonds. The standard InChI is InChI=1S/2C27H39N2.C24H23N2O2.C18H19N2O2.4ClH.2F6P.2Ru/c2*1-18(2)22-11-9-12-23(19(3)4)26(22)28-15-16-29(17-28)27-24(20(5)6)13-10-14-25(27)21(7)8;1-3-21-17-26(22-9-7-8-18(2)23(22)28-21)24(27)20-12-10-19(11-13-20)16-25-14-5-4-6-15-25;1-4-15-12-20(16-7-5-6-13(2)17(16)22-15)18(21)14-8-10-19(3)11-9-14;;;;;2*1-7(2,3,4,5)6;;/h2*9-14,17-21H,15-16H2,1-8H3;2,4-15,21H,3,16-17H2,1H3;2,5-11,15H,4,12H2,1,3H3;4*1H;;;;/q2*-1;2*+1;;;;;2*-1;2*+2/p-4. The van der Waals surface area contributed by atoms with Gasteiger partial charge in [0.2, 0.25) is 0 Å². The number of fused-ring (bicyclic) bond motifs is 2. The van der Waals surface area contributed by atoms with Crippen LogP contribution in [0, 0.1) is 13.3 Å². The number of rotatable bonds is 20. The maximum atomic E-state index is 13.4. The van der Waals surface area contributed by atoms with Crippen molar-refractivity contribution in [1.29, 1.82) is 0 Å². The molecule has 2 atom stereocenters. The average molecular weight is 2080 g/mol. The van der Waals surface area contributed by atoms with Crippen molar-refractivity contribution in [1.82, 2.24) is 0 Å². The number of aryl methyl sites for hydroxylation is 1. The zero-order valence-electron chi connectivity index (χ0n) is 75.7. The second-order valence-corrected chi connectivity index (χ2v) is 49.7. The minimum atomic E-state index is -10.7. The first-order valence-electron chi connectivity index (χ1n) is 42.7. The third kappa shape index (κ3) is 32.0. The van der Waals surface area contributed by atoms with E-state index in [4.69, 9.17) is 48.2 Å². The number of amides is 2. The molecule has 708 valence electrons. The summed E-state index contributed by atoms with van der Waals surface area (Å²) in [5, 5.41) is 0. The summed E-state index contributed by atoms with van der Waals surface area (Å²) >= 11 is -4.02. The van der Waals surface area contributed by atoms with Crippen LogP contribution in [0.4, 0.5) is 84.5 Å². The van der Waals surface area contributed by atoms with E-state index in [0.717, 1.165) is 73.6 Å². The molecule has 128 heavy (non-hydrogen) atoms.